The first-order valence-corrected chi connectivity index (χ1v) is 7.58. The van der Waals surface area contributed by atoms with E-state index in [2.05, 4.69) is 30.4 Å². The zero-order valence-corrected chi connectivity index (χ0v) is 11.8. The maximum absolute atomic E-state index is 12.6. The minimum Gasteiger partial charge on any atom is -0.316 e. The molecule has 1 N–H and O–H groups in total. The van der Waals surface area contributed by atoms with Gasteiger partial charge in [-0.3, -0.25) is 4.79 Å². The van der Waals surface area contributed by atoms with Gasteiger partial charge in [-0.15, -0.1) is 0 Å². The number of hydrogen-bond acceptors (Lipinski definition) is 2. The van der Waals surface area contributed by atoms with Gasteiger partial charge in [0.2, 0.25) is 0 Å². The van der Waals surface area contributed by atoms with Gasteiger partial charge in [0.25, 0.3) is 0 Å². The molecule has 0 saturated carbocycles. The fraction of sp³-hybridized carbons (Fsp3) is 0.588. The number of fused-ring (bicyclic) bond motifs is 1. The first kappa shape index (κ1) is 12.9. The molecule has 1 aromatic carbocycles. The third-order valence-electron chi connectivity index (χ3n) is 5.04. The molecule has 19 heavy (non-hydrogen) atoms. The van der Waals surface area contributed by atoms with E-state index in [0.29, 0.717) is 12.2 Å². The third kappa shape index (κ3) is 2.34. The number of carbonyl (C=O) groups is 1. The van der Waals surface area contributed by atoms with Crippen molar-refractivity contribution >= 4 is 5.78 Å². The van der Waals surface area contributed by atoms with Crippen molar-refractivity contribution in [3.05, 3.63) is 34.9 Å². The monoisotopic (exact) mass is 257 g/mol. The molecule has 2 aliphatic rings. The van der Waals surface area contributed by atoms with Crippen molar-refractivity contribution in [2.24, 2.45) is 5.41 Å². The molecule has 0 spiro atoms. The van der Waals surface area contributed by atoms with Gasteiger partial charge in [-0.1, -0.05) is 25.1 Å². The van der Waals surface area contributed by atoms with Crippen LogP contribution in [0.3, 0.4) is 0 Å². The average molecular weight is 257 g/mol. The highest BCUT2D eigenvalue weighted by molar-refractivity contribution is 5.87. The van der Waals surface area contributed by atoms with Gasteiger partial charge in [-0.2, -0.15) is 0 Å². The molecule has 1 saturated heterocycles. The number of carbonyl (C=O) groups excluding carboxylic acids is 1. The van der Waals surface area contributed by atoms with Crippen molar-refractivity contribution in [2.75, 3.05) is 13.1 Å². The second-order valence-electron chi connectivity index (χ2n) is 6.12. The number of Topliss-reactive ketones (excluding diaryl/α,β-unsaturated/α-hetero) is 1. The largest absolute Gasteiger partial charge is 0.316 e. The van der Waals surface area contributed by atoms with E-state index in [0.717, 1.165) is 25.9 Å². The Morgan fingerprint density at radius 2 is 2.16 bits per heavy atom. The first-order valence-electron chi connectivity index (χ1n) is 7.58. The van der Waals surface area contributed by atoms with Crippen LogP contribution >= 0.6 is 0 Å². The summed E-state index contributed by atoms with van der Waals surface area (Å²) in [5, 5.41) is 3.35. The zero-order valence-electron chi connectivity index (χ0n) is 11.8. The van der Waals surface area contributed by atoms with Gasteiger partial charge in [-0.05, 0) is 55.3 Å². The van der Waals surface area contributed by atoms with Crippen LogP contribution < -0.4 is 5.32 Å². The molecule has 0 radical (unpaired) electrons. The van der Waals surface area contributed by atoms with E-state index in [4.69, 9.17) is 0 Å². The summed E-state index contributed by atoms with van der Waals surface area (Å²) in [4.78, 5) is 12.6. The topological polar surface area (TPSA) is 29.1 Å². The lowest BCUT2D eigenvalue weighted by Crippen LogP contribution is -2.34. The SMILES string of the molecule is CCC1(C(=O)Cc2ccc3c(c2)CCC3)CCNC1. The molecule has 1 aromatic rings. The fourth-order valence-electron chi connectivity index (χ4n) is 3.59. The van der Waals surface area contributed by atoms with E-state index in [-0.39, 0.29) is 5.41 Å². The van der Waals surface area contributed by atoms with Crippen LogP contribution in [0, 0.1) is 5.41 Å². The molecular weight excluding hydrogens is 234 g/mol. The fourth-order valence-corrected chi connectivity index (χ4v) is 3.59. The van der Waals surface area contributed by atoms with E-state index in [9.17, 15) is 4.79 Å². The van der Waals surface area contributed by atoms with Crippen LogP contribution in [0.5, 0.6) is 0 Å². The van der Waals surface area contributed by atoms with Crippen molar-refractivity contribution in [3.8, 4) is 0 Å². The van der Waals surface area contributed by atoms with Crippen LogP contribution in [-0.4, -0.2) is 18.9 Å². The summed E-state index contributed by atoms with van der Waals surface area (Å²) < 4.78 is 0. The van der Waals surface area contributed by atoms with Crippen molar-refractivity contribution < 1.29 is 4.79 Å². The number of aryl methyl sites for hydroxylation is 2. The molecule has 1 unspecified atom stereocenters. The van der Waals surface area contributed by atoms with Crippen molar-refractivity contribution in [3.63, 3.8) is 0 Å². The Morgan fingerprint density at radius 1 is 1.32 bits per heavy atom. The normalized spacial score (nSPS) is 25.5. The van der Waals surface area contributed by atoms with Crippen LogP contribution in [0.2, 0.25) is 0 Å². The molecule has 1 heterocycles. The quantitative estimate of drug-likeness (QED) is 0.898. The molecule has 2 heteroatoms. The van der Waals surface area contributed by atoms with Crippen LogP contribution in [0.15, 0.2) is 18.2 Å². The standard InChI is InChI=1S/C17H23NO/c1-2-17(8-9-18-12-17)16(19)11-13-6-7-14-4-3-5-15(14)10-13/h6-7,10,18H,2-5,8-9,11-12H2,1H3. The van der Waals surface area contributed by atoms with E-state index in [1.165, 1.54) is 36.0 Å². The molecule has 0 amide bonds. The van der Waals surface area contributed by atoms with Crippen LogP contribution in [0.4, 0.5) is 0 Å². The van der Waals surface area contributed by atoms with Gasteiger partial charge < -0.3 is 5.32 Å². The van der Waals surface area contributed by atoms with E-state index in [1.807, 2.05) is 0 Å². The molecular formula is C17H23NO. The molecule has 1 atom stereocenters. The third-order valence-corrected chi connectivity index (χ3v) is 5.04. The van der Waals surface area contributed by atoms with Gasteiger partial charge in [0.15, 0.2) is 0 Å². The molecule has 1 aliphatic heterocycles. The van der Waals surface area contributed by atoms with Crippen molar-refractivity contribution in [1.82, 2.24) is 5.32 Å². The van der Waals surface area contributed by atoms with Gasteiger partial charge in [0.1, 0.15) is 5.78 Å². The highest BCUT2D eigenvalue weighted by Crippen LogP contribution is 2.32. The Morgan fingerprint density at radius 3 is 2.89 bits per heavy atom. The molecule has 1 fully saturated rings. The highest BCUT2D eigenvalue weighted by atomic mass is 16.1. The van der Waals surface area contributed by atoms with E-state index in [1.54, 1.807) is 0 Å². The summed E-state index contributed by atoms with van der Waals surface area (Å²) >= 11 is 0. The van der Waals surface area contributed by atoms with E-state index < -0.39 is 0 Å². The van der Waals surface area contributed by atoms with Gasteiger partial charge >= 0.3 is 0 Å². The smallest absolute Gasteiger partial charge is 0.144 e. The number of nitrogens with one attached hydrogen (secondary N) is 1. The van der Waals surface area contributed by atoms with Crippen LogP contribution in [-0.2, 0) is 24.1 Å². The summed E-state index contributed by atoms with van der Waals surface area (Å²) in [6.45, 7) is 4.00. The Kier molecular flexibility index (Phi) is 3.44. The summed E-state index contributed by atoms with van der Waals surface area (Å²) in [5.74, 6) is 0.429. The Labute approximate surface area is 115 Å². The highest BCUT2D eigenvalue weighted by Gasteiger charge is 2.38. The number of benzene rings is 1. The molecule has 102 valence electrons. The lowest BCUT2D eigenvalue weighted by Gasteiger charge is -2.25. The molecule has 2 nitrogen and oxygen atoms in total. The predicted molar refractivity (Wildman–Crippen MR) is 77.4 cm³/mol. The van der Waals surface area contributed by atoms with Crippen LogP contribution in [0.1, 0.15) is 42.9 Å². The maximum Gasteiger partial charge on any atom is 0.144 e. The number of ketones is 1. The molecule has 1 aliphatic carbocycles. The lowest BCUT2D eigenvalue weighted by molar-refractivity contribution is -0.127. The van der Waals surface area contributed by atoms with Gasteiger partial charge in [-0.25, -0.2) is 0 Å². The number of rotatable bonds is 4. The van der Waals surface area contributed by atoms with Crippen LogP contribution in [0.25, 0.3) is 0 Å². The minimum absolute atomic E-state index is 0.0982. The number of hydrogen-bond donors (Lipinski definition) is 1. The summed E-state index contributed by atoms with van der Waals surface area (Å²) in [5.41, 5.74) is 4.08. The summed E-state index contributed by atoms with van der Waals surface area (Å²) in [7, 11) is 0. The summed E-state index contributed by atoms with van der Waals surface area (Å²) in [6, 6.07) is 6.66. The van der Waals surface area contributed by atoms with Gasteiger partial charge in [0, 0.05) is 18.4 Å². The predicted octanol–water partition coefficient (Wildman–Crippen LogP) is 2.68. The van der Waals surface area contributed by atoms with E-state index >= 15 is 0 Å². The Bertz CT molecular complexity index is 486. The lowest BCUT2D eigenvalue weighted by atomic mass is 9.77. The average Bonchev–Trinajstić information content (AvgIpc) is 3.07. The Hall–Kier alpha value is -1.15. The molecule has 0 aromatic heterocycles. The minimum atomic E-state index is -0.0982. The van der Waals surface area contributed by atoms with Gasteiger partial charge in [0.05, 0.1) is 0 Å². The Balaban J connectivity index is 1.76. The molecule has 3 rings (SSSR count). The zero-order chi connectivity index (χ0) is 13.3. The van der Waals surface area contributed by atoms with Crippen molar-refractivity contribution in [1.29, 1.82) is 0 Å². The van der Waals surface area contributed by atoms with Crippen molar-refractivity contribution in [2.45, 2.75) is 45.4 Å². The molecule has 0 bridgehead atoms. The maximum atomic E-state index is 12.6. The second-order valence-corrected chi connectivity index (χ2v) is 6.12. The second kappa shape index (κ2) is 5.09. The first-order chi connectivity index (χ1) is 9.23. The summed E-state index contributed by atoms with van der Waals surface area (Å²) in [6.07, 6.45) is 6.26.